The van der Waals surface area contributed by atoms with Gasteiger partial charge in [0.1, 0.15) is 0 Å². The van der Waals surface area contributed by atoms with E-state index in [1.54, 1.807) is 0 Å². The van der Waals surface area contributed by atoms with Gasteiger partial charge in [-0.2, -0.15) is 11.8 Å². The summed E-state index contributed by atoms with van der Waals surface area (Å²) in [5.74, 6) is 3.81. The minimum atomic E-state index is 0.0191. The Morgan fingerprint density at radius 3 is 2.60 bits per heavy atom. The molecule has 1 nitrogen and oxygen atoms in total. The minimum absolute atomic E-state index is 0.0191. The van der Waals surface area contributed by atoms with E-state index in [4.69, 9.17) is 0 Å². The van der Waals surface area contributed by atoms with Crippen molar-refractivity contribution in [2.24, 2.45) is 11.8 Å². The van der Waals surface area contributed by atoms with E-state index in [0.717, 1.165) is 11.7 Å². The maximum absolute atomic E-state index is 9.44. The van der Waals surface area contributed by atoms with Crippen LogP contribution in [0.15, 0.2) is 0 Å². The van der Waals surface area contributed by atoms with Crippen LogP contribution in [0.5, 0.6) is 0 Å². The first-order valence-corrected chi connectivity index (χ1v) is 5.27. The summed E-state index contributed by atoms with van der Waals surface area (Å²) in [5, 5.41) is 9.44. The van der Waals surface area contributed by atoms with Gasteiger partial charge in [0.05, 0.1) is 6.10 Å². The fourth-order valence-corrected chi connectivity index (χ4v) is 2.90. The van der Waals surface area contributed by atoms with E-state index < -0.39 is 0 Å². The lowest BCUT2D eigenvalue weighted by Gasteiger charge is -2.11. The second-order valence-corrected chi connectivity index (χ2v) is 4.62. The van der Waals surface area contributed by atoms with Gasteiger partial charge in [-0.3, -0.25) is 0 Å². The number of aliphatic hydroxyl groups excluding tert-OH is 1. The van der Waals surface area contributed by atoms with E-state index in [1.165, 1.54) is 25.0 Å². The van der Waals surface area contributed by atoms with Crippen molar-refractivity contribution in [2.45, 2.75) is 25.4 Å². The van der Waals surface area contributed by atoms with Crippen LogP contribution in [-0.4, -0.2) is 22.7 Å². The van der Waals surface area contributed by atoms with Crippen LogP contribution in [0.3, 0.4) is 0 Å². The average molecular weight is 158 g/mol. The molecule has 1 N–H and O–H groups in total. The van der Waals surface area contributed by atoms with Crippen molar-refractivity contribution < 1.29 is 5.11 Å². The van der Waals surface area contributed by atoms with Gasteiger partial charge in [0, 0.05) is 5.75 Å². The molecule has 0 amide bonds. The van der Waals surface area contributed by atoms with Gasteiger partial charge in [-0.05, 0) is 24.0 Å². The molecule has 0 bridgehead atoms. The Bertz CT molecular complexity index is 122. The molecule has 58 valence electrons. The first-order chi connectivity index (χ1) is 4.86. The van der Waals surface area contributed by atoms with Gasteiger partial charge in [0.25, 0.3) is 0 Å². The molecule has 2 unspecified atom stereocenters. The maximum atomic E-state index is 9.44. The SMILES string of the molecule is OC1CSCC1CC1CC1. The van der Waals surface area contributed by atoms with E-state index >= 15 is 0 Å². The molecule has 2 aliphatic rings. The molecule has 1 saturated heterocycles. The molecule has 0 spiro atoms. The standard InChI is InChI=1S/C8H14OS/c9-8-5-10-4-7(8)3-6-1-2-6/h6-9H,1-5H2. The smallest absolute Gasteiger partial charge is 0.0666 e. The van der Waals surface area contributed by atoms with Gasteiger partial charge >= 0.3 is 0 Å². The molecule has 2 fully saturated rings. The predicted molar refractivity (Wildman–Crippen MR) is 44.2 cm³/mol. The summed E-state index contributed by atoms with van der Waals surface area (Å²) in [5.41, 5.74) is 0. The highest BCUT2D eigenvalue weighted by Gasteiger charge is 2.32. The molecule has 10 heavy (non-hydrogen) atoms. The molecule has 2 heteroatoms. The summed E-state index contributed by atoms with van der Waals surface area (Å²) in [7, 11) is 0. The summed E-state index contributed by atoms with van der Waals surface area (Å²) in [6.07, 6.45) is 4.17. The quantitative estimate of drug-likeness (QED) is 0.657. The summed E-state index contributed by atoms with van der Waals surface area (Å²) in [6.45, 7) is 0. The lowest BCUT2D eigenvalue weighted by Crippen LogP contribution is -2.17. The fourth-order valence-electron chi connectivity index (χ4n) is 1.59. The summed E-state index contributed by atoms with van der Waals surface area (Å²) in [6, 6.07) is 0. The first kappa shape index (κ1) is 6.99. The topological polar surface area (TPSA) is 20.2 Å². The van der Waals surface area contributed by atoms with Crippen LogP contribution in [0.4, 0.5) is 0 Å². The molecule has 2 atom stereocenters. The first-order valence-electron chi connectivity index (χ1n) is 4.12. The van der Waals surface area contributed by atoms with Gasteiger partial charge < -0.3 is 5.11 Å². The zero-order valence-electron chi connectivity index (χ0n) is 6.12. The summed E-state index contributed by atoms with van der Waals surface area (Å²) in [4.78, 5) is 0. The molecular formula is C8H14OS. The molecule has 1 aliphatic carbocycles. The van der Waals surface area contributed by atoms with Crippen molar-refractivity contribution in [1.29, 1.82) is 0 Å². The number of aliphatic hydroxyl groups is 1. The van der Waals surface area contributed by atoms with Crippen LogP contribution in [0.25, 0.3) is 0 Å². The van der Waals surface area contributed by atoms with Crippen molar-refractivity contribution in [3.05, 3.63) is 0 Å². The van der Waals surface area contributed by atoms with Crippen LogP contribution in [0.2, 0.25) is 0 Å². The molecular weight excluding hydrogens is 144 g/mol. The Hall–Kier alpha value is 0.310. The Labute approximate surface area is 66.2 Å². The Balaban J connectivity index is 1.79. The van der Waals surface area contributed by atoms with Crippen molar-refractivity contribution in [1.82, 2.24) is 0 Å². The van der Waals surface area contributed by atoms with E-state index in [1.807, 2.05) is 11.8 Å². The van der Waals surface area contributed by atoms with Gasteiger partial charge in [-0.15, -0.1) is 0 Å². The number of thioether (sulfide) groups is 1. The number of hydrogen-bond acceptors (Lipinski definition) is 2. The van der Waals surface area contributed by atoms with E-state index in [2.05, 4.69) is 0 Å². The largest absolute Gasteiger partial charge is 0.392 e. The molecule has 2 rings (SSSR count). The third-order valence-electron chi connectivity index (χ3n) is 2.50. The Kier molecular flexibility index (Phi) is 1.92. The maximum Gasteiger partial charge on any atom is 0.0666 e. The van der Waals surface area contributed by atoms with Gasteiger partial charge in [-0.25, -0.2) is 0 Å². The third-order valence-corrected chi connectivity index (χ3v) is 3.74. The zero-order valence-corrected chi connectivity index (χ0v) is 6.94. The normalized spacial score (nSPS) is 40.5. The average Bonchev–Trinajstić information content (AvgIpc) is 2.62. The zero-order chi connectivity index (χ0) is 6.97. The van der Waals surface area contributed by atoms with Crippen molar-refractivity contribution in [2.75, 3.05) is 11.5 Å². The second kappa shape index (κ2) is 2.74. The number of rotatable bonds is 2. The molecule has 0 radical (unpaired) electrons. The van der Waals surface area contributed by atoms with Crippen molar-refractivity contribution in [3.8, 4) is 0 Å². The van der Waals surface area contributed by atoms with Crippen LogP contribution < -0.4 is 0 Å². The second-order valence-electron chi connectivity index (χ2n) is 3.54. The van der Waals surface area contributed by atoms with Crippen molar-refractivity contribution in [3.63, 3.8) is 0 Å². The molecule has 1 heterocycles. The van der Waals surface area contributed by atoms with Crippen LogP contribution >= 0.6 is 11.8 Å². The van der Waals surface area contributed by atoms with E-state index in [9.17, 15) is 5.11 Å². The minimum Gasteiger partial charge on any atom is -0.392 e. The lowest BCUT2D eigenvalue weighted by molar-refractivity contribution is 0.141. The van der Waals surface area contributed by atoms with Gasteiger partial charge in [0.15, 0.2) is 0 Å². The molecule has 1 saturated carbocycles. The van der Waals surface area contributed by atoms with E-state index in [0.29, 0.717) is 5.92 Å². The summed E-state index contributed by atoms with van der Waals surface area (Å²) >= 11 is 1.91. The monoisotopic (exact) mass is 158 g/mol. The molecule has 1 aliphatic heterocycles. The van der Waals surface area contributed by atoms with Crippen LogP contribution in [0, 0.1) is 11.8 Å². The summed E-state index contributed by atoms with van der Waals surface area (Å²) < 4.78 is 0. The third kappa shape index (κ3) is 1.48. The highest BCUT2D eigenvalue weighted by Crippen LogP contribution is 2.39. The van der Waals surface area contributed by atoms with Gasteiger partial charge in [-0.1, -0.05) is 12.8 Å². The highest BCUT2D eigenvalue weighted by atomic mass is 32.2. The van der Waals surface area contributed by atoms with Crippen LogP contribution in [0.1, 0.15) is 19.3 Å². The molecule has 0 aromatic carbocycles. The Morgan fingerprint density at radius 1 is 1.30 bits per heavy atom. The van der Waals surface area contributed by atoms with Crippen molar-refractivity contribution >= 4 is 11.8 Å². The predicted octanol–water partition coefficient (Wildman–Crippen LogP) is 1.51. The number of hydrogen-bond donors (Lipinski definition) is 1. The van der Waals surface area contributed by atoms with E-state index in [-0.39, 0.29) is 6.10 Å². The fraction of sp³-hybridized carbons (Fsp3) is 1.00. The van der Waals surface area contributed by atoms with Crippen LogP contribution in [-0.2, 0) is 0 Å². The highest BCUT2D eigenvalue weighted by molar-refractivity contribution is 7.99. The molecule has 0 aromatic rings. The van der Waals surface area contributed by atoms with Gasteiger partial charge in [0.2, 0.25) is 0 Å². The lowest BCUT2D eigenvalue weighted by atomic mass is 10.00. The molecule has 0 aromatic heterocycles. The Morgan fingerprint density at radius 2 is 2.10 bits per heavy atom.